The van der Waals surface area contributed by atoms with Crippen molar-refractivity contribution in [3.05, 3.63) is 294 Å². The van der Waals surface area contributed by atoms with Gasteiger partial charge in [0.1, 0.15) is 0 Å². The van der Waals surface area contributed by atoms with E-state index in [1.54, 1.807) is 0 Å². The van der Waals surface area contributed by atoms with Gasteiger partial charge in [0.25, 0.3) is 0 Å². The van der Waals surface area contributed by atoms with E-state index in [0.717, 1.165) is 51.7 Å². The van der Waals surface area contributed by atoms with Crippen molar-refractivity contribution in [3.63, 3.8) is 0 Å². The average molecular weight is 911 g/mol. The fourth-order valence-corrected chi connectivity index (χ4v) is 13.0. The van der Waals surface area contributed by atoms with Gasteiger partial charge in [0, 0.05) is 45.7 Å². The summed E-state index contributed by atoms with van der Waals surface area (Å²) in [4.78, 5) is 4.96. The predicted molar refractivity (Wildman–Crippen MR) is 287 cm³/mol. The van der Waals surface area contributed by atoms with E-state index < -0.39 is 0 Å². The lowest BCUT2D eigenvalue weighted by molar-refractivity contribution is 0.276. The summed E-state index contributed by atoms with van der Waals surface area (Å²) < 4.78 is 14.0. The van der Waals surface area contributed by atoms with Crippen molar-refractivity contribution in [1.82, 2.24) is 0 Å². The Hall–Kier alpha value is -8.86. The molecule has 336 valence electrons. The van der Waals surface area contributed by atoms with E-state index in [4.69, 9.17) is 9.47 Å². The largest absolute Gasteiger partial charge is 0.450 e. The minimum absolute atomic E-state index is 0.0850. The summed E-state index contributed by atoms with van der Waals surface area (Å²) >= 11 is 0. The van der Waals surface area contributed by atoms with E-state index in [0.29, 0.717) is 11.5 Å². The van der Waals surface area contributed by atoms with E-state index in [1.807, 2.05) is 0 Å². The van der Waals surface area contributed by atoms with Crippen molar-refractivity contribution >= 4 is 28.3 Å². The third-order valence-corrected chi connectivity index (χ3v) is 15.9. The van der Waals surface area contributed by atoms with Crippen LogP contribution in [0.3, 0.4) is 0 Å². The quantitative estimate of drug-likeness (QED) is 0.166. The van der Waals surface area contributed by atoms with Crippen LogP contribution in [-0.2, 0) is 5.41 Å². The van der Waals surface area contributed by atoms with Gasteiger partial charge in [-0.3, -0.25) is 0 Å². The van der Waals surface area contributed by atoms with Crippen LogP contribution in [-0.4, -0.2) is 6.04 Å². The Labute approximate surface area is 414 Å². The average Bonchev–Trinajstić information content (AvgIpc) is 4.05. The Morgan fingerprint density at radius 1 is 0.479 bits per heavy atom. The fraction of sp³-hybridized carbons (Fsp3) is 0.0746. The topological polar surface area (TPSA) is 24.9 Å². The first-order valence-electron chi connectivity index (χ1n) is 24.8. The van der Waals surface area contributed by atoms with Gasteiger partial charge in [-0.25, -0.2) is 0 Å². The van der Waals surface area contributed by atoms with Gasteiger partial charge >= 0.3 is 0 Å². The van der Waals surface area contributed by atoms with E-state index in [1.165, 1.54) is 61.5 Å². The maximum absolute atomic E-state index is 7.11. The molecule has 9 aromatic carbocycles. The molecule has 2 unspecified atom stereocenters. The first kappa shape index (κ1) is 40.1. The van der Waals surface area contributed by atoms with Gasteiger partial charge in [0.2, 0.25) is 0 Å². The summed E-state index contributed by atoms with van der Waals surface area (Å²) in [5.41, 5.74) is 20.5. The monoisotopic (exact) mass is 910 g/mol. The number of allylic oxidation sites excluding steroid dienone is 3. The van der Waals surface area contributed by atoms with Crippen molar-refractivity contribution in [1.29, 1.82) is 0 Å². The lowest BCUT2D eigenvalue weighted by Gasteiger charge is -2.38. The number of hydrogen-bond donors (Lipinski definition) is 0. The van der Waals surface area contributed by atoms with Gasteiger partial charge in [0.15, 0.2) is 23.0 Å². The first-order chi connectivity index (χ1) is 35.2. The number of nitrogens with zero attached hydrogens (tertiary/aromatic N) is 2. The van der Waals surface area contributed by atoms with Crippen LogP contribution >= 0.6 is 0 Å². The molecule has 0 N–H and O–H groups in total. The van der Waals surface area contributed by atoms with Gasteiger partial charge in [-0.1, -0.05) is 182 Å². The smallest absolute Gasteiger partial charge is 0.170 e. The van der Waals surface area contributed by atoms with Gasteiger partial charge < -0.3 is 19.3 Å². The lowest BCUT2D eigenvalue weighted by atomic mass is 9.65. The molecule has 6 aliphatic rings. The zero-order valence-corrected chi connectivity index (χ0v) is 38.8. The molecule has 0 radical (unpaired) electrons. The molecule has 71 heavy (non-hydrogen) atoms. The van der Waals surface area contributed by atoms with E-state index >= 15 is 0 Å². The highest BCUT2D eigenvalue weighted by atomic mass is 16.6. The second kappa shape index (κ2) is 15.6. The van der Waals surface area contributed by atoms with E-state index in [-0.39, 0.29) is 23.3 Å². The van der Waals surface area contributed by atoms with Crippen molar-refractivity contribution in [3.8, 4) is 44.9 Å². The van der Waals surface area contributed by atoms with Crippen LogP contribution in [0.1, 0.15) is 40.2 Å². The zero-order chi connectivity index (χ0) is 46.6. The number of fused-ring (bicyclic) bond motifs is 15. The van der Waals surface area contributed by atoms with Crippen molar-refractivity contribution in [2.45, 2.75) is 23.8 Å². The van der Waals surface area contributed by atoms with Gasteiger partial charge in [-0.15, -0.1) is 0 Å². The molecule has 1 spiro atoms. The van der Waals surface area contributed by atoms with Crippen LogP contribution in [0.25, 0.3) is 39.0 Å². The van der Waals surface area contributed by atoms with Crippen LogP contribution in [0.15, 0.2) is 266 Å². The molecule has 4 nitrogen and oxygen atoms in total. The Kier molecular flexibility index (Phi) is 8.79. The first-order valence-corrected chi connectivity index (χ1v) is 24.8. The normalized spacial score (nSPS) is 18.9. The summed E-state index contributed by atoms with van der Waals surface area (Å²) in [6.07, 6.45) is 10.4. The molecular formula is C67H46N2O2. The van der Waals surface area contributed by atoms with Crippen LogP contribution < -0.4 is 19.3 Å². The summed E-state index contributed by atoms with van der Waals surface area (Å²) in [5.74, 6) is 3.17. The maximum atomic E-state index is 7.11. The van der Waals surface area contributed by atoms with Crippen molar-refractivity contribution in [2.75, 3.05) is 9.80 Å². The molecule has 0 amide bonds. The second-order valence-corrected chi connectivity index (χ2v) is 19.4. The third-order valence-electron chi connectivity index (χ3n) is 15.9. The number of ether oxygens (including phenoxy) is 2. The minimum atomic E-state index is -0.362. The molecule has 0 fully saturated rings. The highest BCUT2D eigenvalue weighted by Gasteiger charge is 2.58. The summed E-state index contributed by atoms with van der Waals surface area (Å²) in [7, 11) is 0. The maximum Gasteiger partial charge on any atom is 0.170 e. The van der Waals surface area contributed by atoms with Crippen LogP contribution in [0, 0.1) is 5.92 Å². The number of para-hydroxylation sites is 3. The zero-order valence-electron chi connectivity index (χ0n) is 38.8. The standard InChI is InChI=1S/C67H46N2O2/c1-3-18-43(19-4-1)44-20-17-23-47(38-44)68(48-35-36-62-55(40-48)53-28-11-16-33-61(53)69(62)46-21-5-2-6-22-46)60-32-15-10-24-49(60)45-34-37-63-64(39-45)71-66-42-59-54(41-65(66)70-63)52-27-9-14-31-58(52)67(59)56-29-12-7-25-50(56)51-26-8-13-30-57(51)67/h1-35,37-42,54,59,62H,36H2/t54?,59-,62?/m1/s1. The van der Waals surface area contributed by atoms with Crippen molar-refractivity contribution in [2.24, 2.45) is 5.92 Å². The molecule has 0 saturated carbocycles. The van der Waals surface area contributed by atoms with Gasteiger partial charge in [-0.05, 0) is 129 Å². The highest BCUT2D eigenvalue weighted by Crippen LogP contribution is 2.66. The SMILES string of the molecule is C1=C2Oc3ccc(-c4ccccc4N(C4=CCC5C(=C4)c4ccccc4N5c4ccccc4)c4cccc(-c5ccccc5)c4)cc3OC2=C[C@@H]2C1c1ccccc1C21c2ccccc2-c2ccccc21. The molecular weight excluding hydrogens is 865 g/mol. The molecule has 2 aliphatic heterocycles. The fourth-order valence-electron chi connectivity index (χ4n) is 13.0. The molecule has 4 aliphatic carbocycles. The number of hydrogen-bond acceptors (Lipinski definition) is 4. The molecule has 0 bridgehead atoms. The molecule has 0 saturated heterocycles. The highest BCUT2D eigenvalue weighted by molar-refractivity contribution is 5.96. The lowest BCUT2D eigenvalue weighted by Crippen LogP contribution is -2.34. The molecule has 3 atom stereocenters. The summed E-state index contributed by atoms with van der Waals surface area (Å²) in [5, 5.41) is 0. The van der Waals surface area contributed by atoms with Crippen molar-refractivity contribution < 1.29 is 9.47 Å². The van der Waals surface area contributed by atoms with E-state index in [2.05, 4.69) is 259 Å². The molecule has 0 aromatic heterocycles. The number of benzene rings is 9. The molecule has 15 rings (SSSR count). The Balaban J connectivity index is 0.843. The second-order valence-electron chi connectivity index (χ2n) is 19.4. The minimum Gasteiger partial charge on any atom is -0.450 e. The van der Waals surface area contributed by atoms with Crippen LogP contribution in [0.2, 0.25) is 0 Å². The Morgan fingerprint density at radius 3 is 1.92 bits per heavy atom. The van der Waals surface area contributed by atoms with E-state index in [9.17, 15) is 0 Å². The summed E-state index contributed by atoms with van der Waals surface area (Å²) in [6, 6.07) is 81.7. The van der Waals surface area contributed by atoms with Crippen LogP contribution in [0.4, 0.5) is 22.7 Å². The molecule has 9 aromatic rings. The van der Waals surface area contributed by atoms with Crippen LogP contribution in [0.5, 0.6) is 11.5 Å². The number of anilines is 4. The third kappa shape index (κ3) is 5.91. The number of rotatable bonds is 6. The predicted octanol–water partition coefficient (Wildman–Crippen LogP) is 16.3. The summed E-state index contributed by atoms with van der Waals surface area (Å²) in [6.45, 7) is 0. The Bertz CT molecular complexity index is 3740. The van der Waals surface area contributed by atoms with Gasteiger partial charge in [0.05, 0.1) is 17.1 Å². The molecule has 2 heterocycles. The Morgan fingerprint density at radius 2 is 1.11 bits per heavy atom. The molecule has 4 heteroatoms. The van der Waals surface area contributed by atoms with Gasteiger partial charge in [-0.2, -0.15) is 0 Å².